The molecule has 0 aromatic carbocycles. The summed E-state index contributed by atoms with van der Waals surface area (Å²) >= 11 is 0. The van der Waals surface area contributed by atoms with Crippen LogP contribution in [0.5, 0.6) is 0 Å². The maximum absolute atomic E-state index is 9.57. The quantitative estimate of drug-likeness (QED) is 0.696. The molecule has 92 valence electrons. The first-order valence-corrected chi connectivity index (χ1v) is 5.39. The minimum Gasteiger partial charge on any atom is -0.389 e. The van der Waals surface area contributed by atoms with E-state index in [9.17, 15) is 5.11 Å². The number of aliphatic hydroxyl groups is 1. The van der Waals surface area contributed by atoms with E-state index in [4.69, 9.17) is 4.74 Å². The maximum atomic E-state index is 9.57. The fourth-order valence-corrected chi connectivity index (χ4v) is 1.59. The maximum Gasteiger partial charge on any atom is 0.140 e. The van der Waals surface area contributed by atoms with Gasteiger partial charge in [-0.1, -0.05) is 0 Å². The van der Waals surface area contributed by atoms with Crippen LogP contribution in [0.2, 0.25) is 0 Å². The third-order valence-electron chi connectivity index (χ3n) is 2.29. The highest BCUT2D eigenvalue weighted by molar-refractivity contribution is 4.84. The van der Waals surface area contributed by atoms with E-state index in [1.54, 1.807) is 13.4 Å². The Morgan fingerprint density at radius 3 is 3.00 bits per heavy atom. The summed E-state index contributed by atoms with van der Waals surface area (Å²) in [6, 6.07) is 0. The van der Waals surface area contributed by atoms with Crippen LogP contribution in [-0.4, -0.2) is 58.2 Å². The third kappa shape index (κ3) is 3.88. The van der Waals surface area contributed by atoms with E-state index in [0.717, 1.165) is 12.4 Å². The van der Waals surface area contributed by atoms with Gasteiger partial charge in [-0.25, -0.2) is 9.67 Å². The summed E-state index contributed by atoms with van der Waals surface area (Å²) in [4.78, 5) is 6.18. The van der Waals surface area contributed by atoms with Crippen LogP contribution < -0.4 is 0 Å². The van der Waals surface area contributed by atoms with Gasteiger partial charge in [0.1, 0.15) is 12.2 Å². The molecular weight excluding hydrogens is 208 g/mol. The summed E-state index contributed by atoms with van der Waals surface area (Å²) in [7, 11) is 3.52. The molecule has 1 heterocycles. The smallest absolute Gasteiger partial charge is 0.140 e. The van der Waals surface area contributed by atoms with Crippen molar-refractivity contribution in [3.05, 3.63) is 12.2 Å². The molecule has 0 aliphatic heterocycles. The van der Waals surface area contributed by atoms with Crippen molar-refractivity contribution in [1.82, 2.24) is 19.7 Å². The predicted molar refractivity (Wildman–Crippen MR) is 59.9 cm³/mol. The van der Waals surface area contributed by atoms with Crippen LogP contribution in [0.15, 0.2) is 6.33 Å². The molecule has 1 rings (SSSR count). The highest BCUT2D eigenvalue weighted by Crippen LogP contribution is 2.00. The molecule has 1 unspecified atom stereocenters. The number of aryl methyl sites for hydroxylation is 1. The van der Waals surface area contributed by atoms with Gasteiger partial charge >= 0.3 is 0 Å². The van der Waals surface area contributed by atoms with E-state index in [1.807, 2.05) is 23.6 Å². The number of hydrogen-bond acceptors (Lipinski definition) is 5. The molecule has 1 atom stereocenters. The molecule has 1 aromatic heterocycles. The number of aliphatic hydroxyl groups excluding tert-OH is 1. The van der Waals surface area contributed by atoms with E-state index >= 15 is 0 Å². The van der Waals surface area contributed by atoms with Gasteiger partial charge in [-0.2, -0.15) is 5.10 Å². The molecule has 1 N–H and O–H groups in total. The topological polar surface area (TPSA) is 63.4 Å². The van der Waals surface area contributed by atoms with Gasteiger partial charge in [0.25, 0.3) is 0 Å². The molecular formula is C10H20N4O2. The lowest BCUT2D eigenvalue weighted by Crippen LogP contribution is -2.32. The van der Waals surface area contributed by atoms with E-state index in [1.165, 1.54) is 0 Å². The molecule has 0 amide bonds. The number of aromatic nitrogens is 3. The molecule has 0 fully saturated rings. The second-order valence-corrected chi connectivity index (χ2v) is 3.80. The van der Waals surface area contributed by atoms with Gasteiger partial charge in [-0.3, -0.25) is 4.90 Å². The first kappa shape index (κ1) is 13.1. The molecule has 0 aliphatic carbocycles. The fourth-order valence-electron chi connectivity index (χ4n) is 1.59. The minimum atomic E-state index is -0.465. The summed E-state index contributed by atoms with van der Waals surface area (Å²) < 4.78 is 6.72. The fraction of sp³-hybridized carbons (Fsp3) is 0.800. The molecule has 0 aliphatic rings. The van der Waals surface area contributed by atoms with Crippen LogP contribution in [0.1, 0.15) is 12.7 Å². The van der Waals surface area contributed by atoms with Crippen LogP contribution in [0, 0.1) is 0 Å². The van der Waals surface area contributed by atoms with Crippen molar-refractivity contribution in [2.45, 2.75) is 26.1 Å². The number of hydrogen-bond donors (Lipinski definition) is 1. The molecule has 6 heteroatoms. The highest BCUT2D eigenvalue weighted by atomic mass is 16.5. The van der Waals surface area contributed by atoms with Crippen molar-refractivity contribution in [1.29, 1.82) is 0 Å². The zero-order chi connectivity index (χ0) is 12.0. The Kier molecular flexibility index (Phi) is 5.37. The highest BCUT2D eigenvalue weighted by Gasteiger charge is 2.11. The van der Waals surface area contributed by atoms with Gasteiger partial charge < -0.3 is 9.84 Å². The van der Waals surface area contributed by atoms with Crippen molar-refractivity contribution in [2.75, 3.05) is 27.3 Å². The summed E-state index contributed by atoms with van der Waals surface area (Å²) in [5.74, 6) is 0.912. The first-order valence-electron chi connectivity index (χ1n) is 5.39. The Balaban J connectivity index is 2.42. The lowest BCUT2D eigenvalue weighted by atomic mass is 10.3. The first-order chi connectivity index (χ1) is 7.67. The number of rotatable bonds is 7. The van der Waals surface area contributed by atoms with Crippen LogP contribution in [-0.2, 0) is 17.8 Å². The summed E-state index contributed by atoms with van der Waals surface area (Å²) in [6.07, 6.45) is 1.09. The van der Waals surface area contributed by atoms with E-state index in [0.29, 0.717) is 19.7 Å². The summed E-state index contributed by atoms with van der Waals surface area (Å²) in [5.41, 5.74) is 0. The SMILES string of the molecule is CCn1ncnc1CN(C)CC(O)COC. The second-order valence-electron chi connectivity index (χ2n) is 3.80. The van der Waals surface area contributed by atoms with E-state index < -0.39 is 6.10 Å². The molecule has 0 saturated heterocycles. The molecule has 6 nitrogen and oxygen atoms in total. The van der Waals surface area contributed by atoms with Gasteiger partial charge in [-0.15, -0.1) is 0 Å². The average molecular weight is 228 g/mol. The van der Waals surface area contributed by atoms with Crippen LogP contribution in [0.3, 0.4) is 0 Å². The molecule has 0 bridgehead atoms. The zero-order valence-corrected chi connectivity index (χ0v) is 10.1. The van der Waals surface area contributed by atoms with Crippen LogP contribution in [0.4, 0.5) is 0 Å². The van der Waals surface area contributed by atoms with Gasteiger partial charge in [-0.05, 0) is 14.0 Å². The van der Waals surface area contributed by atoms with Gasteiger partial charge in [0.2, 0.25) is 0 Å². The Morgan fingerprint density at radius 1 is 1.62 bits per heavy atom. The monoisotopic (exact) mass is 228 g/mol. The van der Waals surface area contributed by atoms with Gasteiger partial charge in [0.05, 0.1) is 19.3 Å². The van der Waals surface area contributed by atoms with E-state index in [2.05, 4.69) is 10.1 Å². The molecule has 0 radical (unpaired) electrons. The number of methoxy groups -OCH3 is 1. The van der Waals surface area contributed by atoms with Crippen molar-refractivity contribution in [3.63, 3.8) is 0 Å². The second kappa shape index (κ2) is 6.57. The molecule has 1 aromatic rings. The van der Waals surface area contributed by atoms with Crippen LogP contribution in [0.25, 0.3) is 0 Å². The molecule has 16 heavy (non-hydrogen) atoms. The Morgan fingerprint density at radius 2 is 2.38 bits per heavy atom. The van der Waals surface area contributed by atoms with Crippen molar-refractivity contribution >= 4 is 0 Å². The van der Waals surface area contributed by atoms with E-state index in [-0.39, 0.29) is 0 Å². The summed E-state index contributed by atoms with van der Waals surface area (Å²) in [6.45, 7) is 4.42. The van der Waals surface area contributed by atoms with Gasteiger partial charge in [0.15, 0.2) is 0 Å². The normalized spacial score (nSPS) is 13.3. The number of ether oxygens (including phenoxy) is 1. The predicted octanol–water partition coefficient (Wildman–Crippen LogP) is -0.263. The lowest BCUT2D eigenvalue weighted by Gasteiger charge is -2.19. The van der Waals surface area contributed by atoms with Crippen molar-refractivity contribution < 1.29 is 9.84 Å². The summed E-state index contributed by atoms with van der Waals surface area (Å²) in [5, 5.41) is 13.7. The van der Waals surface area contributed by atoms with Crippen LogP contribution >= 0.6 is 0 Å². The lowest BCUT2D eigenvalue weighted by molar-refractivity contribution is 0.0412. The number of likely N-dealkylation sites (N-methyl/N-ethyl adjacent to an activating group) is 1. The van der Waals surface area contributed by atoms with Gasteiger partial charge in [0, 0.05) is 20.2 Å². The Bertz CT molecular complexity index is 303. The Hall–Kier alpha value is -0.980. The zero-order valence-electron chi connectivity index (χ0n) is 10.1. The standard InChI is InChI=1S/C10H20N4O2/c1-4-14-10(11-8-12-14)6-13(2)5-9(15)7-16-3/h8-9,15H,4-7H2,1-3H3. The molecule has 0 spiro atoms. The van der Waals surface area contributed by atoms with Crippen molar-refractivity contribution in [3.8, 4) is 0 Å². The van der Waals surface area contributed by atoms with Crippen molar-refractivity contribution in [2.24, 2.45) is 0 Å². The number of nitrogens with zero attached hydrogens (tertiary/aromatic N) is 4. The largest absolute Gasteiger partial charge is 0.389 e. The Labute approximate surface area is 95.8 Å². The third-order valence-corrected chi connectivity index (χ3v) is 2.29. The molecule has 0 saturated carbocycles. The average Bonchev–Trinajstić information content (AvgIpc) is 2.65. The minimum absolute atomic E-state index is 0.352.